The zero-order valence-electron chi connectivity index (χ0n) is 14.7. The highest BCUT2D eigenvalue weighted by Crippen LogP contribution is 2.15. The minimum absolute atomic E-state index is 0.0618. The summed E-state index contributed by atoms with van der Waals surface area (Å²) in [6.45, 7) is 6.91. The van der Waals surface area contributed by atoms with Crippen LogP contribution in [0.3, 0.4) is 0 Å². The van der Waals surface area contributed by atoms with Crippen LogP contribution in [0.1, 0.15) is 42.6 Å². The molecule has 1 N–H and O–H groups in total. The third kappa shape index (κ3) is 5.37. The number of rotatable bonds is 9. The number of nitrogens with one attached hydrogen (secondary N) is 1. The third-order valence-electron chi connectivity index (χ3n) is 3.88. The number of pyridine rings is 1. The van der Waals surface area contributed by atoms with Gasteiger partial charge in [0, 0.05) is 25.8 Å². The van der Waals surface area contributed by atoms with E-state index in [4.69, 9.17) is 0 Å². The van der Waals surface area contributed by atoms with E-state index in [1.807, 2.05) is 30.5 Å². The minimum Gasteiger partial charge on any atom is -0.370 e. The van der Waals surface area contributed by atoms with E-state index in [1.54, 1.807) is 6.20 Å². The van der Waals surface area contributed by atoms with Gasteiger partial charge in [0.25, 0.3) is 5.91 Å². The maximum absolute atomic E-state index is 12.4. The van der Waals surface area contributed by atoms with Gasteiger partial charge in [-0.1, -0.05) is 44.2 Å². The van der Waals surface area contributed by atoms with Gasteiger partial charge in [-0.05, 0) is 30.9 Å². The van der Waals surface area contributed by atoms with Crippen LogP contribution in [-0.4, -0.2) is 30.5 Å². The van der Waals surface area contributed by atoms with Gasteiger partial charge in [-0.15, -0.1) is 0 Å². The number of carbonyl (C=O) groups is 1. The summed E-state index contributed by atoms with van der Waals surface area (Å²) in [5, 5.41) is 2.98. The molecule has 0 aliphatic heterocycles. The van der Waals surface area contributed by atoms with E-state index in [0.29, 0.717) is 12.1 Å². The van der Waals surface area contributed by atoms with Gasteiger partial charge in [0.15, 0.2) is 0 Å². The van der Waals surface area contributed by atoms with E-state index >= 15 is 0 Å². The normalized spacial score (nSPS) is 10.4. The molecule has 0 bridgehead atoms. The number of amides is 1. The highest BCUT2D eigenvalue weighted by Gasteiger charge is 2.10. The summed E-state index contributed by atoms with van der Waals surface area (Å²) in [5.41, 5.74) is 2.87. The molecule has 1 heterocycles. The van der Waals surface area contributed by atoms with E-state index in [2.05, 4.69) is 41.2 Å². The standard InChI is InChI=1S/C20H27N3O/c1-3-12-23(13-4-2)19-14-18(15-21-16-19)20(24)22-11-10-17-8-6-5-7-9-17/h5-9,14-16H,3-4,10-13H2,1-2H3,(H,22,24). The molecule has 0 spiro atoms. The molecule has 1 aromatic carbocycles. The second-order valence-corrected chi connectivity index (χ2v) is 5.91. The molecule has 0 atom stereocenters. The van der Waals surface area contributed by atoms with Crippen LogP contribution in [-0.2, 0) is 6.42 Å². The van der Waals surface area contributed by atoms with Crippen molar-refractivity contribution in [1.82, 2.24) is 10.3 Å². The van der Waals surface area contributed by atoms with Gasteiger partial charge in [-0.25, -0.2) is 0 Å². The molecule has 0 unspecified atom stereocenters. The van der Waals surface area contributed by atoms with Crippen molar-refractivity contribution in [3.05, 3.63) is 59.9 Å². The molecule has 4 nitrogen and oxygen atoms in total. The number of carbonyl (C=O) groups excluding carboxylic acids is 1. The smallest absolute Gasteiger partial charge is 0.252 e. The fourth-order valence-electron chi connectivity index (χ4n) is 2.70. The van der Waals surface area contributed by atoms with Crippen LogP contribution in [0.2, 0.25) is 0 Å². The monoisotopic (exact) mass is 325 g/mol. The Balaban J connectivity index is 1.95. The van der Waals surface area contributed by atoms with Gasteiger partial charge >= 0.3 is 0 Å². The largest absolute Gasteiger partial charge is 0.370 e. The summed E-state index contributed by atoms with van der Waals surface area (Å²) in [6.07, 6.45) is 6.46. The highest BCUT2D eigenvalue weighted by molar-refractivity contribution is 5.94. The van der Waals surface area contributed by atoms with Crippen molar-refractivity contribution in [1.29, 1.82) is 0 Å². The molecule has 0 aliphatic rings. The highest BCUT2D eigenvalue weighted by atomic mass is 16.1. The maximum atomic E-state index is 12.4. The van der Waals surface area contributed by atoms with Crippen LogP contribution < -0.4 is 10.2 Å². The third-order valence-corrected chi connectivity index (χ3v) is 3.88. The van der Waals surface area contributed by atoms with E-state index in [-0.39, 0.29) is 5.91 Å². The average molecular weight is 325 g/mol. The van der Waals surface area contributed by atoms with E-state index in [1.165, 1.54) is 5.56 Å². The first-order valence-electron chi connectivity index (χ1n) is 8.76. The zero-order valence-corrected chi connectivity index (χ0v) is 14.7. The topological polar surface area (TPSA) is 45.2 Å². The Kier molecular flexibility index (Phi) is 7.27. The second-order valence-electron chi connectivity index (χ2n) is 5.91. The van der Waals surface area contributed by atoms with E-state index in [0.717, 1.165) is 38.0 Å². The molecular formula is C20H27N3O. The lowest BCUT2D eigenvalue weighted by Gasteiger charge is -2.23. The Morgan fingerprint density at radius 3 is 2.46 bits per heavy atom. The molecule has 1 amide bonds. The van der Waals surface area contributed by atoms with Gasteiger partial charge in [-0.3, -0.25) is 9.78 Å². The number of benzene rings is 1. The van der Waals surface area contributed by atoms with Crippen molar-refractivity contribution in [3.8, 4) is 0 Å². The number of hydrogen-bond donors (Lipinski definition) is 1. The van der Waals surface area contributed by atoms with Crippen molar-refractivity contribution in [2.24, 2.45) is 0 Å². The van der Waals surface area contributed by atoms with Crippen LogP contribution in [0, 0.1) is 0 Å². The van der Waals surface area contributed by atoms with Crippen molar-refractivity contribution in [2.45, 2.75) is 33.1 Å². The van der Waals surface area contributed by atoms with Gasteiger partial charge in [0.1, 0.15) is 0 Å². The Morgan fingerprint density at radius 2 is 1.79 bits per heavy atom. The van der Waals surface area contributed by atoms with Gasteiger partial charge in [-0.2, -0.15) is 0 Å². The Labute approximate surface area is 144 Å². The van der Waals surface area contributed by atoms with Crippen LogP contribution in [0.25, 0.3) is 0 Å². The molecule has 4 heteroatoms. The molecule has 2 rings (SSSR count). The molecule has 0 saturated carbocycles. The molecular weight excluding hydrogens is 298 g/mol. The second kappa shape index (κ2) is 9.71. The number of nitrogens with zero attached hydrogens (tertiary/aromatic N) is 2. The average Bonchev–Trinajstić information content (AvgIpc) is 2.62. The number of hydrogen-bond acceptors (Lipinski definition) is 3. The molecule has 24 heavy (non-hydrogen) atoms. The van der Waals surface area contributed by atoms with Crippen molar-refractivity contribution >= 4 is 11.6 Å². The Bertz CT molecular complexity index is 622. The first-order chi connectivity index (χ1) is 11.7. The summed E-state index contributed by atoms with van der Waals surface area (Å²) in [5.74, 6) is -0.0618. The zero-order chi connectivity index (χ0) is 17.2. The van der Waals surface area contributed by atoms with E-state index < -0.39 is 0 Å². The molecule has 2 aromatic rings. The molecule has 0 fully saturated rings. The van der Waals surface area contributed by atoms with Crippen LogP contribution in [0.4, 0.5) is 5.69 Å². The van der Waals surface area contributed by atoms with Gasteiger partial charge in [0.05, 0.1) is 17.4 Å². The lowest BCUT2D eigenvalue weighted by molar-refractivity contribution is 0.0954. The lowest BCUT2D eigenvalue weighted by atomic mass is 10.1. The minimum atomic E-state index is -0.0618. The summed E-state index contributed by atoms with van der Waals surface area (Å²) in [4.78, 5) is 18.9. The fraction of sp³-hybridized carbons (Fsp3) is 0.400. The lowest BCUT2D eigenvalue weighted by Crippen LogP contribution is -2.28. The summed E-state index contributed by atoms with van der Waals surface area (Å²) in [7, 11) is 0. The van der Waals surface area contributed by atoms with E-state index in [9.17, 15) is 4.79 Å². The number of anilines is 1. The predicted molar refractivity (Wildman–Crippen MR) is 99.5 cm³/mol. The molecule has 0 aliphatic carbocycles. The molecule has 128 valence electrons. The quantitative estimate of drug-likeness (QED) is 0.765. The SMILES string of the molecule is CCCN(CCC)c1cncc(C(=O)NCCc2ccccc2)c1. The van der Waals surface area contributed by atoms with Gasteiger partial charge < -0.3 is 10.2 Å². The predicted octanol–water partition coefficient (Wildman–Crippen LogP) is 3.68. The van der Waals surface area contributed by atoms with Crippen molar-refractivity contribution in [3.63, 3.8) is 0 Å². The number of aromatic nitrogens is 1. The molecule has 0 radical (unpaired) electrons. The molecule has 0 saturated heterocycles. The maximum Gasteiger partial charge on any atom is 0.252 e. The first-order valence-corrected chi connectivity index (χ1v) is 8.76. The Morgan fingerprint density at radius 1 is 1.08 bits per heavy atom. The fourth-order valence-corrected chi connectivity index (χ4v) is 2.70. The van der Waals surface area contributed by atoms with Crippen LogP contribution >= 0.6 is 0 Å². The first kappa shape index (κ1) is 18.0. The van der Waals surface area contributed by atoms with Crippen molar-refractivity contribution < 1.29 is 4.79 Å². The van der Waals surface area contributed by atoms with Gasteiger partial charge in [0.2, 0.25) is 0 Å². The summed E-state index contributed by atoms with van der Waals surface area (Å²) < 4.78 is 0. The van der Waals surface area contributed by atoms with Crippen molar-refractivity contribution in [2.75, 3.05) is 24.5 Å². The summed E-state index contributed by atoms with van der Waals surface area (Å²) >= 11 is 0. The van der Waals surface area contributed by atoms with Crippen LogP contribution in [0.15, 0.2) is 48.8 Å². The Hall–Kier alpha value is -2.36. The summed E-state index contributed by atoms with van der Waals surface area (Å²) in [6, 6.07) is 12.1. The van der Waals surface area contributed by atoms with Crippen LogP contribution in [0.5, 0.6) is 0 Å². The molecule has 1 aromatic heterocycles.